The van der Waals surface area contributed by atoms with E-state index in [0.717, 1.165) is 34.0 Å². The van der Waals surface area contributed by atoms with E-state index < -0.39 is 0 Å². The summed E-state index contributed by atoms with van der Waals surface area (Å²) in [6.45, 7) is 17.9. The van der Waals surface area contributed by atoms with E-state index in [1.807, 2.05) is 0 Å². The zero-order chi connectivity index (χ0) is 24.4. The minimum atomic E-state index is -0.352. The molecule has 4 heterocycles. The summed E-state index contributed by atoms with van der Waals surface area (Å²) < 4.78 is 24.6. The first kappa shape index (κ1) is 29.2. The molecule has 6 aliphatic rings. The van der Waals surface area contributed by atoms with E-state index in [9.17, 15) is 0 Å². The van der Waals surface area contributed by atoms with Crippen molar-refractivity contribution in [2.24, 2.45) is 0 Å². The van der Waals surface area contributed by atoms with E-state index >= 15 is 0 Å². The van der Waals surface area contributed by atoms with E-state index in [4.69, 9.17) is 18.9 Å². The molecule has 2 saturated carbocycles. The normalized spacial score (nSPS) is 48.3. The maximum atomic E-state index is 6.14. The Kier molecular flexibility index (Phi) is 9.18. The number of ether oxygens (including phenoxy) is 4. The van der Waals surface area contributed by atoms with E-state index in [1.54, 1.807) is 0 Å². The molecule has 6 rings (SSSR count). The molecule has 0 radical (unpaired) electrons. The van der Waals surface area contributed by atoms with Gasteiger partial charge in [0.1, 0.15) is 0 Å². The van der Waals surface area contributed by atoms with Crippen molar-refractivity contribution in [2.45, 2.75) is 177 Å². The Morgan fingerprint density at radius 1 is 0.486 bits per heavy atom. The maximum absolute atomic E-state index is 6.14. The van der Waals surface area contributed by atoms with Crippen LogP contribution in [-0.4, -0.2) is 69.9 Å². The minimum absolute atomic E-state index is 0. The van der Waals surface area contributed by atoms with Crippen LogP contribution in [0.5, 0.6) is 0 Å². The average Bonchev–Trinajstić information content (AvgIpc) is 3.56. The number of rotatable bonds is 2. The molecule has 0 aromatic heterocycles. The van der Waals surface area contributed by atoms with Crippen LogP contribution in [0.25, 0.3) is 0 Å². The van der Waals surface area contributed by atoms with Gasteiger partial charge in [-0.15, -0.1) is 0 Å². The van der Waals surface area contributed by atoms with Crippen LogP contribution in [0.1, 0.15) is 107 Å². The van der Waals surface area contributed by atoms with Crippen molar-refractivity contribution in [3.8, 4) is 0 Å². The predicted octanol–water partition coefficient (Wildman–Crippen LogP) is 7.44. The molecule has 0 unspecified atom stereocenters. The summed E-state index contributed by atoms with van der Waals surface area (Å²) in [5.74, 6) is -0.704. The first-order valence-corrected chi connectivity index (χ1v) is 17.3. The molecule has 4 aliphatic heterocycles. The Morgan fingerprint density at radius 2 is 0.714 bits per heavy atom. The van der Waals surface area contributed by atoms with Gasteiger partial charge in [0.2, 0.25) is 0 Å². The first-order chi connectivity index (χ1) is 16.0. The minimum Gasteiger partial charge on any atom is -0.344 e. The molecule has 8 atom stereocenters. The summed E-state index contributed by atoms with van der Waals surface area (Å²) >= 11 is 0. The van der Waals surface area contributed by atoms with E-state index in [2.05, 4.69) is 55.4 Å². The summed E-state index contributed by atoms with van der Waals surface area (Å²) in [4.78, 5) is 0. The summed E-state index contributed by atoms with van der Waals surface area (Å²) in [5.41, 5.74) is 4.92. The Labute approximate surface area is 228 Å². The second-order valence-electron chi connectivity index (χ2n) is 12.9. The molecule has 6 fully saturated rings. The van der Waals surface area contributed by atoms with Crippen molar-refractivity contribution in [1.82, 2.24) is 0 Å². The van der Waals surface area contributed by atoms with Crippen molar-refractivity contribution < 1.29 is 36.0 Å². The Bertz CT molecular complexity index is 624. The second-order valence-corrected chi connectivity index (χ2v) is 19.4. The quantitative estimate of drug-likeness (QED) is 0.256. The summed E-state index contributed by atoms with van der Waals surface area (Å²) in [5, 5.41) is 0. The van der Waals surface area contributed by atoms with Crippen molar-refractivity contribution >= 4 is 15.8 Å². The van der Waals surface area contributed by atoms with Crippen molar-refractivity contribution in [2.75, 3.05) is 0 Å². The third kappa shape index (κ3) is 5.61. The fraction of sp³-hybridized carbons (Fsp3) is 1.00. The largest absolute Gasteiger partial charge is 0.344 e. The van der Waals surface area contributed by atoms with Gasteiger partial charge in [0.05, 0.1) is 24.4 Å². The molecule has 0 amide bonds. The fourth-order valence-corrected chi connectivity index (χ4v) is 16.6. The molecular weight excluding hydrogens is 518 g/mol. The molecule has 0 bridgehead atoms. The van der Waals surface area contributed by atoms with Crippen LogP contribution in [0.3, 0.4) is 0 Å². The standard InChI is InChI=1S/2C14H25O2P.Fe/c2*1-9-12-13(16-14(3,4)15-12)10(2)17(9)11-7-5-6-8-11;/h2*9-13H,5-8H2,1-4H3;/t2*9-,10-,12+,13+;/m00./s1. The number of fused-ring (bicyclic) bond motifs is 2. The van der Waals surface area contributed by atoms with E-state index in [0.29, 0.717) is 24.4 Å². The van der Waals surface area contributed by atoms with Gasteiger partial charge in [-0.3, -0.25) is 0 Å². The van der Waals surface area contributed by atoms with Crippen LogP contribution in [0.4, 0.5) is 0 Å². The Balaban J connectivity index is 0.000000160. The SMILES string of the molecule is C[C@H]1[C@H]2OC(C)(C)O[C@@H]2[C@H](C)P1C1CCCC1.C[C@H]1[C@H]2OC(C)(C)O[C@@H]2[C@H](C)P1C1CCCC1.[Fe]. The number of hydrogen-bond donors (Lipinski definition) is 0. The molecule has 204 valence electrons. The molecule has 0 N–H and O–H groups in total. The Hall–Kier alpha value is 1.22. The van der Waals surface area contributed by atoms with Crippen LogP contribution in [-0.2, 0) is 36.0 Å². The van der Waals surface area contributed by atoms with Gasteiger partial charge in [0.25, 0.3) is 0 Å². The van der Waals surface area contributed by atoms with Crippen LogP contribution in [0.15, 0.2) is 0 Å². The third-order valence-electron chi connectivity index (χ3n) is 9.60. The van der Waals surface area contributed by atoms with E-state index in [1.165, 1.54) is 51.4 Å². The third-order valence-corrected chi connectivity index (χ3v) is 17.3. The summed E-state index contributed by atoms with van der Waals surface area (Å²) in [7, 11) is 0.213. The second kappa shape index (κ2) is 11.0. The molecule has 4 nitrogen and oxygen atoms in total. The van der Waals surface area contributed by atoms with Crippen molar-refractivity contribution in [3.05, 3.63) is 0 Å². The van der Waals surface area contributed by atoms with Gasteiger partial charge in [-0.05, 0) is 64.7 Å². The van der Waals surface area contributed by atoms with Crippen LogP contribution in [0, 0.1) is 0 Å². The van der Waals surface area contributed by atoms with Gasteiger partial charge >= 0.3 is 0 Å². The van der Waals surface area contributed by atoms with Gasteiger partial charge in [-0.25, -0.2) is 0 Å². The van der Waals surface area contributed by atoms with Crippen LogP contribution in [0.2, 0.25) is 0 Å². The molecular formula is C28H50FeO4P2. The Morgan fingerprint density at radius 3 is 0.943 bits per heavy atom. The molecule has 0 aromatic carbocycles. The van der Waals surface area contributed by atoms with Gasteiger partial charge in [-0.2, -0.15) is 0 Å². The van der Waals surface area contributed by atoms with Gasteiger partial charge in [0, 0.05) is 39.7 Å². The fourth-order valence-electron chi connectivity index (χ4n) is 8.28. The topological polar surface area (TPSA) is 36.9 Å². The van der Waals surface area contributed by atoms with E-state index in [-0.39, 0.29) is 44.5 Å². The molecule has 0 aromatic rings. The molecule has 35 heavy (non-hydrogen) atoms. The van der Waals surface area contributed by atoms with Crippen molar-refractivity contribution in [3.63, 3.8) is 0 Å². The molecule has 2 aliphatic carbocycles. The smallest absolute Gasteiger partial charge is 0.163 e. The van der Waals surface area contributed by atoms with Gasteiger partial charge in [-0.1, -0.05) is 69.2 Å². The molecule has 0 spiro atoms. The van der Waals surface area contributed by atoms with Gasteiger partial charge in [0.15, 0.2) is 11.6 Å². The van der Waals surface area contributed by atoms with Crippen molar-refractivity contribution in [1.29, 1.82) is 0 Å². The molecule has 4 saturated heterocycles. The van der Waals surface area contributed by atoms with Crippen LogP contribution < -0.4 is 0 Å². The maximum Gasteiger partial charge on any atom is 0.163 e. The van der Waals surface area contributed by atoms with Gasteiger partial charge < -0.3 is 18.9 Å². The average molecular weight is 568 g/mol. The number of hydrogen-bond acceptors (Lipinski definition) is 4. The zero-order valence-electron chi connectivity index (χ0n) is 23.3. The van der Waals surface area contributed by atoms with Crippen LogP contribution >= 0.6 is 15.8 Å². The summed E-state index contributed by atoms with van der Waals surface area (Å²) in [6, 6.07) is 0. The zero-order valence-corrected chi connectivity index (χ0v) is 26.2. The predicted molar refractivity (Wildman–Crippen MR) is 144 cm³/mol. The first-order valence-electron chi connectivity index (χ1n) is 14.3. The summed E-state index contributed by atoms with van der Waals surface area (Å²) in [6.07, 6.45) is 13.1. The molecule has 7 heteroatoms. The monoisotopic (exact) mass is 568 g/mol.